The molecule has 4 aromatic rings. The summed E-state index contributed by atoms with van der Waals surface area (Å²) in [6.07, 6.45) is 3.33. The van der Waals surface area contributed by atoms with Crippen LogP contribution in [0.1, 0.15) is 10.5 Å². The van der Waals surface area contributed by atoms with Crippen LogP contribution in [0.5, 0.6) is 5.75 Å². The molecule has 2 N–H and O–H groups in total. The number of carbonyl (C=O) groups excluding carboxylic acids is 1. The fourth-order valence-corrected chi connectivity index (χ4v) is 2.83. The number of rotatable bonds is 5. The summed E-state index contributed by atoms with van der Waals surface area (Å²) in [6.45, 7) is 0. The highest BCUT2D eigenvalue weighted by Crippen LogP contribution is 2.22. The number of amides is 1. The van der Waals surface area contributed by atoms with Gasteiger partial charge in [0.05, 0.1) is 30.2 Å². The van der Waals surface area contributed by atoms with Crippen molar-refractivity contribution in [3.63, 3.8) is 0 Å². The zero-order valence-corrected chi connectivity index (χ0v) is 15.2. The van der Waals surface area contributed by atoms with Crippen LogP contribution in [0.3, 0.4) is 0 Å². The van der Waals surface area contributed by atoms with E-state index in [1.807, 2.05) is 60.7 Å². The van der Waals surface area contributed by atoms with Crippen molar-refractivity contribution in [2.75, 3.05) is 17.7 Å². The number of ether oxygens (including phenoxy) is 1. The van der Waals surface area contributed by atoms with Crippen molar-refractivity contribution in [3.05, 3.63) is 84.8 Å². The molecule has 6 nitrogen and oxygen atoms in total. The molecule has 28 heavy (non-hydrogen) atoms. The quantitative estimate of drug-likeness (QED) is 0.535. The van der Waals surface area contributed by atoms with E-state index in [1.54, 1.807) is 25.6 Å². The number of aromatic nitrogens is 2. The van der Waals surface area contributed by atoms with Gasteiger partial charge in [0.1, 0.15) is 11.4 Å². The monoisotopic (exact) mass is 370 g/mol. The Hall–Kier alpha value is -3.93. The fraction of sp³-hybridized carbons (Fsp3) is 0.0455. The summed E-state index contributed by atoms with van der Waals surface area (Å²) in [5, 5.41) is 7.09. The first-order chi connectivity index (χ1) is 13.7. The number of nitrogens with one attached hydrogen (secondary N) is 2. The molecule has 0 spiro atoms. The SMILES string of the molecule is COc1ccc(Nc2ccc(C(=O)Nc3cccc4cccnc34)nc2)cc1. The molecule has 1 amide bonds. The minimum absolute atomic E-state index is 0.283. The van der Waals surface area contributed by atoms with Crippen molar-refractivity contribution in [3.8, 4) is 5.75 Å². The van der Waals surface area contributed by atoms with E-state index in [0.29, 0.717) is 11.4 Å². The predicted octanol–water partition coefficient (Wildman–Crippen LogP) is 4.63. The molecule has 0 atom stereocenters. The summed E-state index contributed by atoms with van der Waals surface area (Å²) >= 11 is 0. The van der Waals surface area contributed by atoms with E-state index in [9.17, 15) is 4.79 Å². The van der Waals surface area contributed by atoms with Gasteiger partial charge in [-0.3, -0.25) is 9.78 Å². The summed E-state index contributed by atoms with van der Waals surface area (Å²) in [5.74, 6) is 0.507. The minimum atomic E-state index is -0.283. The van der Waals surface area contributed by atoms with Crippen molar-refractivity contribution in [1.82, 2.24) is 9.97 Å². The summed E-state index contributed by atoms with van der Waals surface area (Å²) in [4.78, 5) is 21.2. The molecule has 138 valence electrons. The van der Waals surface area contributed by atoms with Crippen LogP contribution in [0.2, 0.25) is 0 Å². The van der Waals surface area contributed by atoms with Crippen LogP contribution in [0.4, 0.5) is 17.1 Å². The van der Waals surface area contributed by atoms with E-state index < -0.39 is 0 Å². The molecule has 0 aliphatic carbocycles. The number of methoxy groups -OCH3 is 1. The van der Waals surface area contributed by atoms with Crippen molar-refractivity contribution in [1.29, 1.82) is 0 Å². The molecule has 0 saturated carbocycles. The number of benzene rings is 2. The zero-order valence-electron chi connectivity index (χ0n) is 15.2. The first-order valence-electron chi connectivity index (χ1n) is 8.75. The average Bonchev–Trinajstić information content (AvgIpc) is 2.75. The number of nitrogens with zero attached hydrogens (tertiary/aromatic N) is 2. The molecule has 0 aliphatic rings. The Bertz CT molecular complexity index is 1100. The van der Waals surface area contributed by atoms with Crippen molar-refractivity contribution in [2.24, 2.45) is 0 Å². The molecule has 2 aromatic heterocycles. The lowest BCUT2D eigenvalue weighted by atomic mass is 10.2. The molecule has 4 rings (SSSR count). The molecule has 0 unspecified atom stereocenters. The van der Waals surface area contributed by atoms with E-state index in [4.69, 9.17) is 4.74 Å². The maximum absolute atomic E-state index is 12.6. The molecule has 0 bridgehead atoms. The Morgan fingerprint density at radius 3 is 2.43 bits per heavy atom. The van der Waals surface area contributed by atoms with Crippen molar-refractivity contribution in [2.45, 2.75) is 0 Å². The summed E-state index contributed by atoms with van der Waals surface area (Å²) in [5.41, 5.74) is 3.42. The van der Waals surface area contributed by atoms with Crippen LogP contribution in [0, 0.1) is 0 Å². The van der Waals surface area contributed by atoms with Gasteiger partial charge >= 0.3 is 0 Å². The molecular weight excluding hydrogens is 352 g/mol. The van der Waals surface area contributed by atoms with E-state index in [1.165, 1.54) is 0 Å². The smallest absolute Gasteiger partial charge is 0.274 e. The Balaban J connectivity index is 1.47. The summed E-state index contributed by atoms with van der Waals surface area (Å²) in [6, 6.07) is 20.5. The highest BCUT2D eigenvalue weighted by molar-refractivity contribution is 6.07. The topological polar surface area (TPSA) is 76.1 Å². The predicted molar refractivity (Wildman–Crippen MR) is 110 cm³/mol. The highest BCUT2D eigenvalue weighted by Gasteiger charge is 2.10. The number of hydrogen-bond donors (Lipinski definition) is 2. The Labute approximate surface area is 162 Å². The van der Waals surface area contributed by atoms with Gasteiger partial charge in [0.2, 0.25) is 0 Å². The van der Waals surface area contributed by atoms with Gasteiger partial charge in [0.15, 0.2) is 0 Å². The highest BCUT2D eigenvalue weighted by atomic mass is 16.5. The van der Waals surface area contributed by atoms with E-state index in [0.717, 1.165) is 28.0 Å². The summed E-state index contributed by atoms with van der Waals surface area (Å²) < 4.78 is 5.15. The average molecular weight is 370 g/mol. The third-order valence-electron chi connectivity index (χ3n) is 4.26. The molecule has 0 saturated heterocycles. The van der Waals surface area contributed by atoms with Crippen LogP contribution in [0.15, 0.2) is 79.1 Å². The number of fused-ring (bicyclic) bond motifs is 1. The van der Waals surface area contributed by atoms with Crippen LogP contribution in [-0.4, -0.2) is 23.0 Å². The maximum atomic E-state index is 12.6. The maximum Gasteiger partial charge on any atom is 0.274 e. The van der Waals surface area contributed by atoms with Gasteiger partial charge < -0.3 is 15.4 Å². The van der Waals surface area contributed by atoms with Gasteiger partial charge in [-0.15, -0.1) is 0 Å². The normalized spacial score (nSPS) is 10.5. The molecule has 0 aliphatic heterocycles. The van der Waals surface area contributed by atoms with E-state index in [2.05, 4.69) is 20.6 Å². The molecule has 0 fully saturated rings. The molecule has 2 heterocycles. The van der Waals surface area contributed by atoms with Gasteiger partial charge in [-0.2, -0.15) is 0 Å². The van der Waals surface area contributed by atoms with Crippen molar-refractivity contribution >= 4 is 33.9 Å². The third-order valence-corrected chi connectivity index (χ3v) is 4.26. The van der Waals surface area contributed by atoms with E-state index >= 15 is 0 Å². The largest absolute Gasteiger partial charge is 0.497 e. The number of carbonyl (C=O) groups is 1. The number of pyridine rings is 2. The van der Waals surface area contributed by atoms with Crippen LogP contribution >= 0.6 is 0 Å². The second-order valence-electron chi connectivity index (χ2n) is 6.12. The zero-order chi connectivity index (χ0) is 19.3. The van der Waals surface area contributed by atoms with Crippen LogP contribution < -0.4 is 15.4 Å². The lowest BCUT2D eigenvalue weighted by Crippen LogP contribution is -2.14. The first-order valence-corrected chi connectivity index (χ1v) is 8.75. The molecule has 2 aromatic carbocycles. The van der Waals surface area contributed by atoms with Crippen molar-refractivity contribution < 1.29 is 9.53 Å². The van der Waals surface area contributed by atoms with Gasteiger partial charge in [-0.25, -0.2) is 4.98 Å². The third kappa shape index (κ3) is 3.76. The van der Waals surface area contributed by atoms with Gasteiger partial charge in [0, 0.05) is 17.3 Å². The second kappa shape index (κ2) is 7.75. The number of hydrogen-bond acceptors (Lipinski definition) is 5. The summed E-state index contributed by atoms with van der Waals surface area (Å²) in [7, 11) is 1.63. The lowest BCUT2D eigenvalue weighted by molar-refractivity contribution is 0.102. The molecule has 6 heteroatoms. The first kappa shape index (κ1) is 17.5. The van der Waals surface area contributed by atoms with Crippen LogP contribution in [-0.2, 0) is 0 Å². The molecular formula is C22H18N4O2. The molecule has 0 radical (unpaired) electrons. The standard InChI is InChI=1S/C22H18N4O2/c1-28-18-10-7-16(8-11-18)25-17-9-12-20(24-14-17)22(27)26-19-6-2-4-15-5-3-13-23-21(15)19/h2-14,25H,1H3,(H,26,27). The second-order valence-corrected chi connectivity index (χ2v) is 6.12. The fourth-order valence-electron chi connectivity index (χ4n) is 2.83. The number of anilines is 3. The lowest BCUT2D eigenvalue weighted by Gasteiger charge is -2.09. The van der Waals surface area contributed by atoms with E-state index in [-0.39, 0.29) is 5.91 Å². The Morgan fingerprint density at radius 1 is 0.893 bits per heavy atom. The van der Waals surface area contributed by atoms with Gasteiger partial charge in [0.25, 0.3) is 5.91 Å². The Kier molecular flexibility index (Phi) is 4.84. The van der Waals surface area contributed by atoms with Gasteiger partial charge in [-0.05, 0) is 48.5 Å². The Morgan fingerprint density at radius 2 is 1.68 bits per heavy atom. The van der Waals surface area contributed by atoms with Gasteiger partial charge in [-0.1, -0.05) is 18.2 Å². The minimum Gasteiger partial charge on any atom is -0.497 e. The number of para-hydroxylation sites is 1. The van der Waals surface area contributed by atoms with Crippen LogP contribution in [0.25, 0.3) is 10.9 Å².